The van der Waals surface area contributed by atoms with E-state index in [-0.39, 0.29) is 5.41 Å². The number of carbonyl (C=O) groups excluding carboxylic acids is 1. The van der Waals surface area contributed by atoms with Gasteiger partial charge in [-0.25, -0.2) is 9.78 Å². The zero-order valence-electron chi connectivity index (χ0n) is 17.5. The van der Waals surface area contributed by atoms with E-state index in [9.17, 15) is 4.79 Å². The smallest absolute Gasteiger partial charge is 0.407 e. The first kappa shape index (κ1) is 21.1. The molecule has 0 aliphatic carbocycles. The van der Waals surface area contributed by atoms with Crippen LogP contribution in [0.3, 0.4) is 0 Å². The number of aromatic amines is 1. The first-order valence-electron chi connectivity index (χ1n) is 9.69. The molecule has 0 radical (unpaired) electrons. The number of fused-ring (bicyclic) bond motifs is 1. The Bertz CT molecular complexity index is 1030. The maximum Gasteiger partial charge on any atom is 0.407 e. The highest BCUT2D eigenvalue weighted by atomic mass is 35.5. The summed E-state index contributed by atoms with van der Waals surface area (Å²) >= 11 is 6.30. The standard InChI is InChI=1S/C22H27ClN4O2/c1-6-22(5,13-25-20(28)29-21(2,3)4)15-9-7-8-14(12-15)16-10-11-24-19-17(16)18(23)26-27-19/h7-12H,6,13H2,1-5H3,(H,25,28)(H,24,26,27)/t22-/m1/s1. The third-order valence-electron chi connectivity index (χ3n) is 5.08. The summed E-state index contributed by atoms with van der Waals surface area (Å²) in [6.07, 6.45) is 2.17. The number of benzene rings is 1. The summed E-state index contributed by atoms with van der Waals surface area (Å²) in [6, 6.07) is 10.2. The van der Waals surface area contributed by atoms with E-state index < -0.39 is 11.7 Å². The summed E-state index contributed by atoms with van der Waals surface area (Å²) in [5.41, 5.74) is 2.92. The molecule has 1 amide bonds. The Morgan fingerprint density at radius 3 is 2.69 bits per heavy atom. The minimum Gasteiger partial charge on any atom is -0.444 e. The van der Waals surface area contributed by atoms with Gasteiger partial charge in [0.2, 0.25) is 0 Å². The molecule has 0 saturated carbocycles. The summed E-state index contributed by atoms with van der Waals surface area (Å²) in [5, 5.41) is 11.1. The molecule has 1 atom stereocenters. The summed E-state index contributed by atoms with van der Waals surface area (Å²) in [5.74, 6) is 0. The van der Waals surface area contributed by atoms with Crippen LogP contribution in [0, 0.1) is 0 Å². The maximum atomic E-state index is 12.1. The van der Waals surface area contributed by atoms with Gasteiger partial charge in [-0.2, -0.15) is 5.10 Å². The first-order valence-corrected chi connectivity index (χ1v) is 10.1. The summed E-state index contributed by atoms with van der Waals surface area (Å²) < 4.78 is 5.38. The Morgan fingerprint density at radius 1 is 1.24 bits per heavy atom. The first-order chi connectivity index (χ1) is 13.6. The lowest BCUT2D eigenvalue weighted by atomic mass is 9.79. The van der Waals surface area contributed by atoms with Crippen molar-refractivity contribution in [3.05, 3.63) is 47.2 Å². The molecule has 6 nitrogen and oxygen atoms in total. The molecule has 1 aromatic carbocycles. The average Bonchev–Trinajstić information content (AvgIpc) is 3.06. The molecule has 2 N–H and O–H groups in total. The highest BCUT2D eigenvalue weighted by Gasteiger charge is 2.27. The minimum atomic E-state index is -0.525. The molecule has 0 unspecified atom stereocenters. The van der Waals surface area contributed by atoms with Crippen LogP contribution in [0.1, 0.15) is 46.6 Å². The van der Waals surface area contributed by atoms with Crippen molar-refractivity contribution in [1.29, 1.82) is 0 Å². The van der Waals surface area contributed by atoms with Crippen LogP contribution in [-0.4, -0.2) is 33.4 Å². The Morgan fingerprint density at radius 2 is 2.00 bits per heavy atom. The van der Waals surface area contributed by atoms with Crippen molar-refractivity contribution >= 4 is 28.7 Å². The van der Waals surface area contributed by atoms with Crippen LogP contribution in [0.4, 0.5) is 4.79 Å². The van der Waals surface area contributed by atoms with Gasteiger partial charge in [0, 0.05) is 18.2 Å². The van der Waals surface area contributed by atoms with Crippen molar-refractivity contribution in [2.24, 2.45) is 0 Å². The number of ether oxygens (including phenoxy) is 1. The zero-order chi connectivity index (χ0) is 21.2. The molecule has 3 rings (SSSR count). The molecule has 0 aliphatic rings. The van der Waals surface area contributed by atoms with Gasteiger partial charge in [0.05, 0.1) is 5.39 Å². The molecule has 0 fully saturated rings. The fourth-order valence-corrected chi connectivity index (χ4v) is 3.45. The number of rotatable bonds is 5. The highest BCUT2D eigenvalue weighted by molar-refractivity contribution is 6.35. The van der Waals surface area contributed by atoms with E-state index in [1.165, 1.54) is 0 Å². The van der Waals surface area contributed by atoms with E-state index in [1.807, 2.05) is 39.0 Å². The van der Waals surface area contributed by atoms with Crippen molar-refractivity contribution in [2.45, 2.75) is 52.1 Å². The number of nitrogens with zero attached hydrogens (tertiary/aromatic N) is 2. The fourth-order valence-electron chi connectivity index (χ4n) is 3.23. The second kappa shape index (κ2) is 8.03. The molecule has 29 heavy (non-hydrogen) atoms. The van der Waals surface area contributed by atoms with Gasteiger partial charge < -0.3 is 10.1 Å². The number of aromatic nitrogens is 3. The van der Waals surface area contributed by atoms with Gasteiger partial charge in [-0.15, -0.1) is 0 Å². The molecular weight excluding hydrogens is 388 g/mol. The van der Waals surface area contributed by atoms with Crippen LogP contribution < -0.4 is 5.32 Å². The second-order valence-electron chi connectivity index (χ2n) is 8.45. The fraction of sp³-hybridized carbons (Fsp3) is 0.409. The minimum absolute atomic E-state index is 0.251. The third-order valence-corrected chi connectivity index (χ3v) is 5.36. The largest absolute Gasteiger partial charge is 0.444 e. The number of carbonyl (C=O) groups is 1. The van der Waals surface area contributed by atoms with Crippen molar-refractivity contribution < 1.29 is 9.53 Å². The molecule has 0 bridgehead atoms. The van der Waals surface area contributed by atoms with Crippen LogP contribution in [-0.2, 0) is 10.2 Å². The predicted octanol–water partition coefficient (Wildman–Crippen LogP) is 5.47. The van der Waals surface area contributed by atoms with Crippen molar-refractivity contribution in [3.8, 4) is 11.1 Å². The summed E-state index contributed by atoms with van der Waals surface area (Å²) in [7, 11) is 0. The van der Waals surface area contributed by atoms with E-state index in [0.717, 1.165) is 28.5 Å². The van der Waals surface area contributed by atoms with Gasteiger partial charge in [0.15, 0.2) is 5.65 Å². The molecular formula is C22H27ClN4O2. The van der Waals surface area contributed by atoms with Crippen LogP contribution in [0.15, 0.2) is 36.5 Å². The van der Waals surface area contributed by atoms with E-state index in [0.29, 0.717) is 17.3 Å². The van der Waals surface area contributed by atoms with Gasteiger partial charge in [0.25, 0.3) is 0 Å². The summed E-state index contributed by atoms with van der Waals surface area (Å²) in [6.45, 7) is 10.3. The van der Waals surface area contributed by atoms with Gasteiger partial charge in [0.1, 0.15) is 10.8 Å². The Balaban J connectivity index is 1.90. The SMILES string of the molecule is CC[C@](C)(CNC(=O)OC(C)(C)C)c1cccc(-c2ccnc3n[nH]c(Cl)c23)c1. The van der Waals surface area contributed by atoms with E-state index >= 15 is 0 Å². The highest BCUT2D eigenvalue weighted by Crippen LogP contribution is 2.34. The Hall–Kier alpha value is -2.60. The lowest BCUT2D eigenvalue weighted by Gasteiger charge is -2.30. The van der Waals surface area contributed by atoms with Crippen molar-refractivity contribution in [2.75, 3.05) is 6.54 Å². The van der Waals surface area contributed by atoms with Crippen LogP contribution >= 0.6 is 11.6 Å². The molecule has 0 spiro atoms. The predicted molar refractivity (Wildman–Crippen MR) is 116 cm³/mol. The topological polar surface area (TPSA) is 79.9 Å². The van der Waals surface area contributed by atoms with E-state index in [2.05, 4.69) is 46.5 Å². The van der Waals surface area contributed by atoms with Gasteiger partial charge in [-0.1, -0.05) is 49.7 Å². The number of alkyl carbamates (subject to hydrolysis) is 1. The normalized spacial score (nSPS) is 13.9. The zero-order valence-corrected chi connectivity index (χ0v) is 18.2. The second-order valence-corrected chi connectivity index (χ2v) is 8.82. The number of halogens is 1. The number of H-pyrrole nitrogens is 1. The van der Waals surface area contributed by atoms with Crippen molar-refractivity contribution in [3.63, 3.8) is 0 Å². The quantitative estimate of drug-likeness (QED) is 0.580. The molecule has 0 saturated heterocycles. The number of hydrogen-bond donors (Lipinski definition) is 2. The molecule has 7 heteroatoms. The Labute approximate surface area is 176 Å². The number of amides is 1. The number of nitrogens with one attached hydrogen (secondary N) is 2. The van der Waals surface area contributed by atoms with E-state index in [1.54, 1.807) is 6.20 Å². The van der Waals surface area contributed by atoms with Crippen molar-refractivity contribution in [1.82, 2.24) is 20.5 Å². The molecule has 2 aromatic heterocycles. The number of pyridine rings is 1. The molecule has 3 aromatic rings. The monoisotopic (exact) mass is 414 g/mol. The lowest BCUT2D eigenvalue weighted by Crippen LogP contribution is -2.41. The van der Waals surface area contributed by atoms with Gasteiger partial charge >= 0.3 is 6.09 Å². The van der Waals surface area contributed by atoms with Gasteiger partial charge in [-0.3, -0.25) is 5.10 Å². The third kappa shape index (κ3) is 4.70. The molecule has 2 heterocycles. The van der Waals surface area contributed by atoms with Crippen LogP contribution in [0.25, 0.3) is 22.2 Å². The maximum absolute atomic E-state index is 12.1. The molecule has 154 valence electrons. The van der Waals surface area contributed by atoms with E-state index in [4.69, 9.17) is 16.3 Å². The number of hydrogen-bond acceptors (Lipinski definition) is 4. The molecule has 0 aliphatic heterocycles. The van der Waals surface area contributed by atoms with Crippen LogP contribution in [0.5, 0.6) is 0 Å². The Kier molecular flexibility index (Phi) is 5.85. The summed E-state index contributed by atoms with van der Waals surface area (Å²) in [4.78, 5) is 16.4. The lowest BCUT2D eigenvalue weighted by molar-refractivity contribution is 0.0515. The van der Waals surface area contributed by atoms with Crippen LogP contribution in [0.2, 0.25) is 5.15 Å². The average molecular weight is 415 g/mol. The van der Waals surface area contributed by atoms with Gasteiger partial charge in [-0.05, 0) is 49.9 Å².